The van der Waals surface area contributed by atoms with Crippen LogP contribution in [0.3, 0.4) is 0 Å². The number of primary amides is 1. The Morgan fingerprint density at radius 3 is 2.66 bits per heavy atom. The molecule has 144 valence electrons. The van der Waals surface area contributed by atoms with Gasteiger partial charge in [0.05, 0.1) is 29.6 Å². The number of nitrogens with two attached hydrogens (primary N) is 1. The quantitative estimate of drug-likeness (QED) is 0.697. The molecule has 3 heterocycles. The van der Waals surface area contributed by atoms with Gasteiger partial charge in [-0.05, 0) is 30.3 Å². The third-order valence-corrected chi connectivity index (χ3v) is 4.54. The molecule has 0 saturated heterocycles. The van der Waals surface area contributed by atoms with Crippen molar-refractivity contribution >= 4 is 28.4 Å². The first kappa shape index (κ1) is 18.2. The number of para-hydroxylation sites is 1. The lowest BCUT2D eigenvalue weighted by molar-refractivity contribution is -0.113. The van der Waals surface area contributed by atoms with Crippen molar-refractivity contribution in [3.63, 3.8) is 0 Å². The molecule has 2 aromatic heterocycles. The second kappa shape index (κ2) is 7.12. The zero-order chi connectivity index (χ0) is 20.5. The van der Waals surface area contributed by atoms with Crippen LogP contribution in [0.15, 0.2) is 69.5 Å². The van der Waals surface area contributed by atoms with Crippen LogP contribution in [0.4, 0.5) is 0 Å². The summed E-state index contributed by atoms with van der Waals surface area (Å²) in [5.74, 6) is -0.883. The van der Waals surface area contributed by atoms with E-state index in [4.69, 9.17) is 5.73 Å². The summed E-state index contributed by atoms with van der Waals surface area (Å²) in [6, 6.07) is 9.42. The highest BCUT2D eigenvalue weighted by Crippen LogP contribution is 2.16. The lowest BCUT2D eigenvalue weighted by Gasteiger charge is -2.16. The molecule has 29 heavy (non-hydrogen) atoms. The molecule has 1 aliphatic heterocycles. The maximum absolute atomic E-state index is 13.3. The summed E-state index contributed by atoms with van der Waals surface area (Å²) in [6.45, 7) is -0.155. The average Bonchev–Trinajstić information content (AvgIpc) is 2.71. The molecule has 9 nitrogen and oxygen atoms in total. The van der Waals surface area contributed by atoms with Crippen LogP contribution in [0.5, 0.6) is 0 Å². The molecular weight excluding hydrogens is 374 g/mol. The minimum Gasteiger partial charge on any atom is -0.366 e. The average molecular weight is 389 g/mol. The molecule has 0 bridgehead atoms. The van der Waals surface area contributed by atoms with E-state index in [9.17, 15) is 19.2 Å². The Morgan fingerprint density at radius 2 is 1.90 bits per heavy atom. The van der Waals surface area contributed by atoms with Crippen molar-refractivity contribution < 1.29 is 9.59 Å². The summed E-state index contributed by atoms with van der Waals surface area (Å²) >= 11 is 0. The van der Waals surface area contributed by atoms with Gasteiger partial charge in [-0.25, -0.2) is 14.3 Å². The molecule has 0 aliphatic carbocycles. The molecule has 0 spiro atoms. The van der Waals surface area contributed by atoms with Gasteiger partial charge in [0.15, 0.2) is 11.4 Å². The van der Waals surface area contributed by atoms with Crippen LogP contribution in [0.2, 0.25) is 0 Å². The molecule has 2 N–H and O–H groups in total. The topological polar surface area (TPSA) is 129 Å². The molecule has 1 aliphatic rings. The summed E-state index contributed by atoms with van der Waals surface area (Å²) in [5.41, 5.74) is 5.02. The Kier molecular flexibility index (Phi) is 4.47. The smallest absolute Gasteiger partial charge is 0.337 e. The number of hydrogen-bond acceptors (Lipinski definition) is 6. The van der Waals surface area contributed by atoms with Gasteiger partial charge in [0.1, 0.15) is 0 Å². The summed E-state index contributed by atoms with van der Waals surface area (Å²) in [5, 5.41) is 0.185. The minimum absolute atomic E-state index is 0.0192. The Labute approximate surface area is 163 Å². The van der Waals surface area contributed by atoms with E-state index in [0.29, 0.717) is 5.71 Å². The minimum atomic E-state index is -0.721. The first-order valence-electron chi connectivity index (χ1n) is 8.72. The maximum atomic E-state index is 13.3. The van der Waals surface area contributed by atoms with E-state index in [1.807, 2.05) is 0 Å². The zero-order valence-corrected chi connectivity index (χ0v) is 15.1. The molecule has 0 fully saturated rings. The molecule has 1 amide bonds. The van der Waals surface area contributed by atoms with Crippen molar-refractivity contribution in [2.75, 3.05) is 0 Å². The van der Waals surface area contributed by atoms with E-state index in [1.54, 1.807) is 24.3 Å². The number of carbonyl (C=O) groups is 2. The van der Waals surface area contributed by atoms with E-state index in [1.165, 1.54) is 35.2 Å². The number of amides is 1. The van der Waals surface area contributed by atoms with Gasteiger partial charge in [-0.15, -0.1) is 0 Å². The van der Waals surface area contributed by atoms with Gasteiger partial charge in [0.25, 0.3) is 11.5 Å². The van der Waals surface area contributed by atoms with Crippen molar-refractivity contribution in [3.8, 4) is 5.69 Å². The van der Waals surface area contributed by atoms with Gasteiger partial charge in [0.2, 0.25) is 0 Å². The normalized spacial score (nSPS) is 13.5. The van der Waals surface area contributed by atoms with Gasteiger partial charge in [-0.2, -0.15) is 0 Å². The van der Waals surface area contributed by atoms with Gasteiger partial charge in [0, 0.05) is 18.1 Å². The zero-order valence-electron chi connectivity index (χ0n) is 15.1. The summed E-state index contributed by atoms with van der Waals surface area (Å²) in [7, 11) is 0. The number of aliphatic imine (C=N–C) groups is 1. The summed E-state index contributed by atoms with van der Waals surface area (Å²) in [4.78, 5) is 58.1. The van der Waals surface area contributed by atoms with Crippen molar-refractivity contribution in [3.05, 3.63) is 81.3 Å². The Hall–Kier alpha value is -4.14. The maximum Gasteiger partial charge on any atom is 0.337 e. The number of hydrogen-bond donors (Lipinski definition) is 1. The monoisotopic (exact) mass is 389 g/mol. The number of allylic oxidation sites excluding steroid dienone is 1. The summed E-state index contributed by atoms with van der Waals surface area (Å²) < 4.78 is 2.16. The Bertz CT molecular complexity index is 1350. The molecule has 4 rings (SSSR count). The number of ketones is 1. The van der Waals surface area contributed by atoms with Crippen molar-refractivity contribution in [2.45, 2.75) is 13.0 Å². The largest absolute Gasteiger partial charge is 0.366 e. The van der Waals surface area contributed by atoms with Crippen molar-refractivity contribution in [1.82, 2.24) is 14.1 Å². The van der Waals surface area contributed by atoms with Crippen LogP contribution in [0.25, 0.3) is 16.7 Å². The lowest BCUT2D eigenvalue weighted by atomic mass is 10.1. The van der Waals surface area contributed by atoms with Gasteiger partial charge < -0.3 is 5.73 Å². The standard InChI is InChI=1S/C20H15N5O4/c21-17(27)14-4-1-2-6-16(14)25-18-15(5-3-8-23-18)19(28)24(20(25)29)11-12-10-13(26)7-9-22-12/h1-9H,10-11H2,(H2,21,27). The number of nitrogens with zero attached hydrogens (tertiary/aromatic N) is 4. The molecule has 0 unspecified atom stereocenters. The van der Waals surface area contributed by atoms with E-state index >= 15 is 0 Å². The number of aromatic nitrogens is 3. The second-order valence-corrected chi connectivity index (χ2v) is 6.42. The number of fused-ring (bicyclic) bond motifs is 1. The predicted octanol–water partition coefficient (Wildman–Crippen LogP) is 0.574. The van der Waals surface area contributed by atoms with Crippen LogP contribution in [0.1, 0.15) is 16.8 Å². The first-order valence-corrected chi connectivity index (χ1v) is 8.72. The molecular formula is C20H15N5O4. The van der Waals surface area contributed by atoms with Crippen LogP contribution >= 0.6 is 0 Å². The van der Waals surface area contributed by atoms with E-state index in [0.717, 1.165) is 4.57 Å². The van der Waals surface area contributed by atoms with Crippen LogP contribution in [-0.4, -0.2) is 31.5 Å². The molecule has 0 atom stereocenters. The number of pyridine rings is 1. The van der Waals surface area contributed by atoms with E-state index < -0.39 is 17.2 Å². The molecule has 9 heteroatoms. The van der Waals surface area contributed by atoms with Gasteiger partial charge >= 0.3 is 5.69 Å². The molecule has 3 aromatic rings. The van der Waals surface area contributed by atoms with Crippen molar-refractivity contribution in [1.29, 1.82) is 0 Å². The highest BCUT2D eigenvalue weighted by atomic mass is 16.2. The van der Waals surface area contributed by atoms with Crippen LogP contribution in [0, 0.1) is 0 Å². The van der Waals surface area contributed by atoms with E-state index in [2.05, 4.69) is 9.98 Å². The summed E-state index contributed by atoms with van der Waals surface area (Å²) in [6.07, 6.45) is 4.14. The van der Waals surface area contributed by atoms with Gasteiger partial charge in [-0.3, -0.25) is 23.9 Å². The molecule has 1 aromatic carbocycles. The highest BCUT2D eigenvalue weighted by molar-refractivity contribution is 6.08. The fourth-order valence-electron chi connectivity index (χ4n) is 3.23. The fraction of sp³-hybridized carbons (Fsp3) is 0.100. The lowest BCUT2D eigenvalue weighted by Crippen LogP contribution is -2.42. The number of benzene rings is 1. The third kappa shape index (κ3) is 3.18. The predicted molar refractivity (Wildman–Crippen MR) is 106 cm³/mol. The van der Waals surface area contributed by atoms with E-state index in [-0.39, 0.29) is 41.0 Å². The van der Waals surface area contributed by atoms with Gasteiger partial charge in [-0.1, -0.05) is 12.1 Å². The fourth-order valence-corrected chi connectivity index (χ4v) is 3.23. The second-order valence-electron chi connectivity index (χ2n) is 6.42. The third-order valence-electron chi connectivity index (χ3n) is 4.54. The number of carbonyl (C=O) groups excluding carboxylic acids is 2. The van der Waals surface area contributed by atoms with Crippen LogP contribution in [-0.2, 0) is 11.3 Å². The molecule has 0 radical (unpaired) electrons. The Morgan fingerprint density at radius 1 is 1.10 bits per heavy atom. The highest BCUT2D eigenvalue weighted by Gasteiger charge is 2.20. The molecule has 0 saturated carbocycles. The van der Waals surface area contributed by atoms with Crippen molar-refractivity contribution in [2.24, 2.45) is 10.7 Å². The first-order chi connectivity index (χ1) is 14.0. The SMILES string of the molecule is NC(=O)c1ccccc1-n1c(=O)n(CC2=NC=CC(=O)C2)c(=O)c2cccnc21. The van der Waals surface area contributed by atoms with Crippen LogP contribution < -0.4 is 17.0 Å². The number of rotatable bonds is 4. The Balaban J connectivity index is 2.03.